The summed E-state index contributed by atoms with van der Waals surface area (Å²) < 4.78 is 10.6. The van der Waals surface area contributed by atoms with Crippen molar-refractivity contribution in [2.24, 2.45) is 23.7 Å². The van der Waals surface area contributed by atoms with Gasteiger partial charge in [0.15, 0.2) is 0 Å². The molecule has 1 N–H and O–H groups in total. The van der Waals surface area contributed by atoms with Gasteiger partial charge in [0.25, 0.3) is 0 Å². The summed E-state index contributed by atoms with van der Waals surface area (Å²) in [5, 5.41) is 9.70. The molecule has 28 heavy (non-hydrogen) atoms. The molecule has 1 heterocycles. The largest absolute Gasteiger partial charge is 0.497 e. The quantitative estimate of drug-likeness (QED) is 0.744. The Morgan fingerprint density at radius 3 is 2.43 bits per heavy atom. The Morgan fingerprint density at radius 1 is 1.11 bits per heavy atom. The van der Waals surface area contributed by atoms with Crippen molar-refractivity contribution in [3.63, 3.8) is 0 Å². The molecule has 6 heteroatoms. The lowest BCUT2D eigenvalue weighted by molar-refractivity contribution is -0.151. The number of benzene rings is 1. The number of carbonyl (C=O) groups excluding carboxylic acids is 1. The van der Waals surface area contributed by atoms with E-state index in [1.54, 1.807) is 24.3 Å². The Bertz CT molecular complexity index is 871. The molecule has 1 aromatic heterocycles. The van der Waals surface area contributed by atoms with E-state index in [2.05, 4.69) is 0 Å². The van der Waals surface area contributed by atoms with Crippen LogP contribution in [0.5, 0.6) is 5.75 Å². The molecule has 4 unspecified atom stereocenters. The number of aliphatic carboxylic acids is 1. The van der Waals surface area contributed by atoms with Crippen molar-refractivity contribution >= 4 is 11.9 Å². The predicted molar refractivity (Wildman–Crippen MR) is 101 cm³/mol. The molecule has 1 fully saturated rings. The van der Waals surface area contributed by atoms with Gasteiger partial charge in [-0.2, -0.15) is 0 Å². The highest BCUT2D eigenvalue weighted by Gasteiger charge is 2.52. The van der Waals surface area contributed by atoms with Crippen LogP contribution in [0.1, 0.15) is 17.7 Å². The summed E-state index contributed by atoms with van der Waals surface area (Å²) in [7, 11) is 1.61. The van der Waals surface area contributed by atoms with Crippen molar-refractivity contribution in [3.05, 3.63) is 66.1 Å². The van der Waals surface area contributed by atoms with E-state index in [-0.39, 0.29) is 17.7 Å². The topological polar surface area (TPSA) is 80.0 Å². The van der Waals surface area contributed by atoms with E-state index in [9.17, 15) is 14.7 Å². The first-order chi connectivity index (χ1) is 13.6. The number of carbonyl (C=O) groups is 2. The van der Waals surface area contributed by atoms with E-state index >= 15 is 0 Å². The number of hydrogen-bond donors (Lipinski definition) is 1. The molecule has 0 spiro atoms. The zero-order chi connectivity index (χ0) is 19.7. The number of hydrogen-bond acceptors (Lipinski definition) is 4. The number of fused-ring (bicyclic) bond motifs is 2. The number of furan rings is 1. The van der Waals surface area contributed by atoms with Gasteiger partial charge in [-0.3, -0.25) is 9.59 Å². The number of rotatable bonds is 7. The second-order valence-electron chi connectivity index (χ2n) is 7.46. The van der Waals surface area contributed by atoms with Gasteiger partial charge in [0, 0.05) is 6.54 Å². The van der Waals surface area contributed by atoms with Gasteiger partial charge < -0.3 is 19.2 Å². The monoisotopic (exact) mass is 381 g/mol. The van der Waals surface area contributed by atoms with Gasteiger partial charge in [-0.25, -0.2) is 0 Å². The third kappa shape index (κ3) is 3.42. The predicted octanol–water partition coefficient (Wildman–Crippen LogP) is 3.34. The molecule has 0 aliphatic heterocycles. The van der Waals surface area contributed by atoms with E-state index in [1.807, 2.05) is 42.5 Å². The van der Waals surface area contributed by atoms with Crippen molar-refractivity contribution in [2.45, 2.75) is 19.5 Å². The molecule has 146 valence electrons. The van der Waals surface area contributed by atoms with Gasteiger partial charge in [0.05, 0.1) is 31.8 Å². The SMILES string of the molecule is COc1ccc(CN(Cc2ccco2)C(=O)C2C3C=CC(C3)C2C(=O)O)cc1. The van der Waals surface area contributed by atoms with Crippen LogP contribution in [0.4, 0.5) is 0 Å². The standard InChI is InChI=1S/C22H23NO5/c1-27-17-8-4-14(5-9-17)12-23(13-18-3-2-10-28-18)21(24)19-15-6-7-16(11-15)20(19)22(25)26/h2-10,15-16,19-20H,11-13H2,1H3,(H,25,26). The second-order valence-corrected chi connectivity index (χ2v) is 7.46. The third-order valence-corrected chi connectivity index (χ3v) is 5.80. The molecule has 6 nitrogen and oxygen atoms in total. The van der Waals surface area contributed by atoms with Crippen LogP contribution in [0.2, 0.25) is 0 Å². The van der Waals surface area contributed by atoms with Crippen LogP contribution in [-0.2, 0) is 22.7 Å². The zero-order valence-electron chi connectivity index (χ0n) is 15.7. The number of ether oxygens (including phenoxy) is 1. The number of methoxy groups -OCH3 is 1. The summed E-state index contributed by atoms with van der Waals surface area (Å²) in [6.07, 6.45) is 6.27. The van der Waals surface area contributed by atoms with Crippen LogP contribution in [0.25, 0.3) is 0 Å². The lowest BCUT2D eigenvalue weighted by Gasteiger charge is -2.30. The molecule has 2 aliphatic rings. The number of amides is 1. The average molecular weight is 381 g/mol. The van der Waals surface area contributed by atoms with Crippen molar-refractivity contribution in [1.82, 2.24) is 4.90 Å². The van der Waals surface area contributed by atoms with Crippen molar-refractivity contribution in [1.29, 1.82) is 0 Å². The fraction of sp³-hybridized carbons (Fsp3) is 0.364. The maximum absolute atomic E-state index is 13.5. The summed E-state index contributed by atoms with van der Waals surface area (Å²) in [6, 6.07) is 11.1. The molecule has 4 atom stereocenters. The Hall–Kier alpha value is -3.02. The molecule has 1 amide bonds. The van der Waals surface area contributed by atoms with Gasteiger partial charge in [-0.15, -0.1) is 0 Å². The maximum atomic E-state index is 13.5. The van der Waals surface area contributed by atoms with Crippen LogP contribution in [0.15, 0.2) is 59.2 Å². The van der Waals surface area contributed by atoms with Crippen LogP contribution in [-0.4, -0.2) is 29.0 Å². The first kappa shape index (κ1) is 18.3. The molecule has 2 aromatic rings. The Kier molecular flexibility index (Phi) is 4.94. The highest BCUT2D eigenvalue weighted by Crippen LogP contribution is 2.49. The smallest absolute Gasteiger partial charge is 0.307 e. The molecule has 4 rings (SSSR count). The number of carboxylic acid groups (broad SMARTS) is 1. The Labute approximate surface area is 163 Å². The fourth-order valence-electron chi connectivity index (χ4n) is 4.46. The zero-order valence-corrected chi connectivity index (χ0v) is 15.7. The minimum absolute atomic E-state index is 0.00596. The first-order valence-electron chi connectivity index (χ1n) is 9.42. The van der Waals surface area contributed by atoms with Gasteiger partial charge >= 0.3 is 5.97 Å². The maximum Gasteiger partial charge on any atom is 0.307 e. The Morgan fingerprint density at radius 2 is 1.82 bits per heavy atom. The molecule has 0 saturated heterocycles. The third-order valence-electron chi connectivity index (χ3n) is 5.80. The van der Waals surface area contributed by atoms with E-state index in [4.69, 9.17) is 9.15 Å². The van der Waals surface area contributed by atoms with E-state index in [1.165, 1.54) is 0 Å². The van der Waals surface area contributed by atoms with Crippen molar-refractivity contribution < 1.29 is 23.8 Å². The van der Waals surface area contributed by atoms with E-state index < -0.39 is 17.8 Å². The van der Waals surface area contributed by atoms with Crippen LogP contribution in [0.3, 0.4) is 0 Å². The summed E-state index contributed by atoms with van der Waals surface area (Å²) in [4.78, 5) is 27.0. The molecule has 2 aliphatic carbocycles. The molecule has 1 saturated carbocycles. The lowest BCUT2D eigenvalue weighted by atomic mass is 9.82. The van der Waals surface area contributed by atoms with Gasteiger partial charge in [-0.05, 0) is 48.1 Å². The number of nitrogens with zero attached hydrogens (tertiary/aromatic N) is 1. The summed E-state index contributed by atoms with van der Waals surface area (Å²) in [5.74, 6) is -0.840. The van der Waals surface area contributed by atoms with Crippen molar-refractivity contribution in [2.75, 3.05) is 7.11 Å². The molecule has 1 aromatic carbocycles. The summed E-state index contributed by atoms with van der Waals surface area (Å²) in [5.41, 5.74) is 0.950. The van der Waals surface area contributed by atoms with E-state index in [0.717, 1.165) is 17.7 Å². The van der Waals surface area contributed by atoms with E-state index in [0.29, 0.717) is 18.8 Å². The normalized spacial score (nSPS) is 25.0. The van der Waals surface area contributed by atoms with Crippen LogP contribution >= 0.6 is 0 Å². The van der Waals surface area contributed by atoms with Gasteiger partial charge in [-0.1, -0.05) is 24.3 Å². The van der Waals surface area contributed by atoms with Gasteiger partial charge in [0.2, 0.25) is 5.91 Å². The van der Waals surface area contributed by atoms with Crippen LogP contribution in [0, 0.1) is 23.7 Å². The number of carboxylic acids is 1. The molecule has 2 bridgehead atoms. The lowest BCUT2D eigenvalue weighted by Crippen LogP contribution is -2.42. The van der Waals surface area contributed by atoms with Crippen LogP contribution < -0.4 is 4.74 Å². The minimum Gasteiger partial charge on any atom is -0.497 e. The molecular weight excluding hydrogens is 358 g/mol. The highest BCUT2D eigenvalue weighted by molar-refractivity contribution is 5.87. The highest BCUT2D eigenvalue weighted by atomic mass is 16.5. The number of allylic oxidation sites excluding steroid dienone is 2. The fourth-order valence-corrected chi connectivity index (χ4v) is 4.46. The molecule has 0 radical (unpaired) electrons. The summed E-state index contributed by atoms with van der Waals surface area (Å²) >= 11 is 0. The first-order valence-corrected chi connectivity index (χ1v) is 9.42. The molecular formula is C22H23NO5. The minimum atomic E-state index is -0.891. The average Bonchev–Trinajstić information content (AvgIpc) is 3.44. The summed E-state index contributed by atoms with van der Waals surface area (Å²) in [6.45, 7) is 0.690. The Balaban J connectivity index is 1.59. The second kappa shape index (κ2) is 7.54. The van der Waals surface area contributed by atoms with Crippen molar-refractivity contribution in [3.8, 4) is 5.75 Å². The van der Waals surface area contributed by atoms with Gasteiger partial charge in [0.1, 0.15) is 11.5 Å².